The third-order valence-electron chi connectivity index (χ3n) is 5.12. The number of ketones is 1. The Morgan fingerprint density at radius 3 is 2.75 bits per heavy atom. The van der Waals surface area contributed by atoms with E-state index in [0.29, 0.717) is 27.7 Å². The molecule has 0 bridgehead atoms. The van der Waals surface area contributed by atoms with Crippen molar-refractivity contribution in [3.8, 4) is 33.2 Å². The van der Waals surface area contributed by atoms with Gasteiger partial charge in [-0.15, -0.1) is 11.3 Å². The van der Waals surface area contributed by atoms with Gasteiger partial charge in [-0.05, 0) is 31.2 Å². The smallest absolute Gasteiger partial charge is 0.181 e. The van der Waals surface area contributed by atoms with Crippen LogP contribution in [0.4, 0.5) is 0 Å². The molecule has 0 saturated heterocycles. The van der Waals surface area contributed by atoms with Gasteiger partial charge in [-0.2, -0.15) is 5.10 Å². The molecule has 6 heterocycles. The topological polar surface area (TPSA) is 126 Å². The Hall–Kier alpha value is -4.31. The Bertz CT molecular complexity index is 1620. The van der Waals surface area contributed by atoms with Crippen molar-refractivity contribution in [2.24, 2.45) is 0 Å². The highest BCUT2D eigenvalue weighted by molar-refractivity contribution is 7.17. The molecule has 0 spiro atoms. The number of nitrogens with zero attached hydrogens (tertiary/aromatic N) is 6. The van der Waals surface area contributed by atoms with Gasteiger partial charge >= 0.3 is 0 Å². The van der Waals surface area contributed by atoms with Crippen LogP contribution in [0.25, 0.3) is 55.4 Å². The van der Waals surface area contributed by atoms with Crippen LogP contribution in [0.3, 0.4) is 0 Å². The molecule has 6 rings (SSSR count). The second-order valence-corrected chi connectivity index (χ2v) is 8.23. The molecule has 0 aromatic carbocycles. The molecule has 32 heavy (non-hydrogen) atoms. The molecule has 2 N–H and O–H groups in total. The van der Waals surface area contributed by atoms with Crippen LogP contribution < -0.4 is 0 Å². The van der Waals surface area contributed by atoms with Crippen LogP contribution in [-0.2, 0) is 0 Å². The van der Waals surface area contributed by atoms with E-state index in [1.165, 1.54) is 11.3 Å². The molecular formula is C22H14N8OS. The summed E-state index contributed by atoms with van der Waals surface area (Å²) in [5.74, 6) is 0.649. The molecule has 0 aliphatic heterocycles. The van der Waals surface area contributed by atoms with Crippen LogP contribution >= 0.6 is 11.3 Å². The van der Waals surface area contributed by atoms with E-state index in [0.717, 1.165) is 32.6 Å². The zero-order valence-electron chi connectivity index (χ0n) is 16.7. The van der Waals surface area contributed by atoms with Crippen molar-refractivity contribution in [1.29, 1.82) is 0 Å². The summed E-state index contributed by atoms with van der Waals surface area (Å²) >= 11 is 1.45. The molecule has 6 aromatic rings. The summed E-state index contributed by atoms with van der Waals surface area (Å²) in [4.78, 5) is 38.8. The van der Waals surface area contributed by atoms with Gasteiger partial charge in [0.1, 0.15) is 5.69 Å². The number of nitrogens with one attached hydrogen (secondary N) is 2. The minimum Gasteiger partial charge on any atom is -0.335 e. The van der Waals surface area contributed by atoms with Crippen molar-refractivity contribution in [1.82, 2.24) is 40.1 Å². The summed E-state index contributed by atoms with van der Waals surface area (Å²) in [6.07, 6.45) is 8.40. The van der Waals surface area contributed by atoms with Crippen LogP contribution in [0.15, 0.2) is 55.2 Å². The lowest BCUT2D eigenvalue weighted by atomic mass is 10.1. The van der Waals surface area contributed by atoms with Crippen LogP contribution in [0, 0.1) is 0 Å². The molecule has 0 saturated carbocycles. The number of hydrogen-bond acceptors (Lipinski definition) is 8. The molecule has 0 fully saturated rings. The molecule has 10 heteroatoms. The lowest BCUT2D eigenvalue weighted by Crippen LogP contribution is -1.87. The predicted molar refractivity (Wildman–Crippen MR) is 121 cm³/mol. The average molecular weight is 438 g/mol. The van der Waals surface area contributed by atoms with Crippen LogP contribution in [-0.4, -0.2) is 45.9 Å². The van der Waals surface area contributed by atoms with Crippen LogP contribution in [0.5, 0.6) is 0 Å². The maximum atomic E-state index is 11.7. The zero-order valence-corrected chi connectivity index (χ0v) is 17.5. The Kier molecular flexibility index (Phi) is 4.12. The van der Waals surface area contributed by atoms with E-state index in [1.54, 1.807) is 37.9 Å². The van der Waals surface area contributed by atoms with Crippen LogP contribution in [0.1, 0.15) is 16.6 Å². The maximum Gasteiger partial charge on any atom is 0.181 e. The lowest BCUT2D eigenvalue weighted by molar-refractivity contribution is 0.102. The van der Waals surface area contributed by atoms with Gasteiger partial charge < -0.3 is 4.98 Å². The van der Waals surface area contributed by atoms with E-state index in [1.807, 2.05) is 24.3 Å². The quantitative estimate of drug-likeness (QED) is 0.393. The summed E-state index contributed by atoms with van der Waals surface area (Å²) in [6, 6.07) is 7.66. The van der Waals surface area contributed by atoms with Crippen molar-refractivity contribution in [3.05, 3.63) is 60.1 Å². The zero-order chi connectivity index (χ0) is 21.7. The SMILES string of the molecule is CC(=O)c1ccc(-c2ccnc3nc(-c4[nH]nc5ncc(-c6cnccn6)cc45)[nH]c23)s1. The molecule has 0 radical (unpaired) electrons. The molecule has 0 aliphatic rings. The Morgan fingerprint density at radius 2 is 1.94 bits per heavy atom. The minimum atomic E-state index is 0.0483. The number of aromatic nitrogens is 8. The number of aromatic amines is 2. The first-order valence-corrected chi connectivity index (χ1v) is 10.6. The van der Waals surface area contributed by atoms with E-state index < -0.39 is 0 Å². The minimum absolute atomic E-state index is 0.0483. The normalized spacial score (nSPS) is 11.4. The van der Waals surface area contributed by atoms with Gasteiger partial charge in [0.05, 0.1) is 27.7 Å². The number of carbonyl (C=O) groups excluding carboxylic acids is 1. The highest BCUT2D eigenvalue weighted by Gasteiger charge is 2.17. The third kappa shape index (κ3) is 2.96. The number of pyridine rings is 2. The molecule has 6 aromatic heterocycles. The second kappa shape index (κ2) is 7.13. The van der Waals surface area contributed by atoms with E-state index in [4.69, 9.17) is 0 Å². The van der Waals surface area contributed by atoms with Crippen molar-refractivity contribution in [2.45, 2.75) is 6.92 Å². The number of imidazole rings is 1. The fourth-order valence-corrected chi connectivity index (χ4v) is 4.51. The highest BCUT2D eigenvalue weighted by Crippen LogP contribution is 2.34. The summed E-state index contributed by atoms with van der Waals surface area (Å²) in [5.41, 5.74) is 5.15. The Balaban J connectivity index is 1.49. The molecular weight excluding hydrogens is 424 g/mol. The number of hydrogen-bond donors (Lipinski definition) is 2. The van der Waals surface area contributed by atoms with Crippen molar-refractivity contribution in [3.63, 3.8) is 0 Å². The van der Waals surface area contributed by atoms with Gasteiger partial charge in [-0.3, -0.25) is 19.9 Å². The number of rotatable bonds is 4. The number of thiophene rings is 1. The number of carbonyl (C=O) groups is 1. The molecule has 0 unspecified atom stereocenters. The van der Waals surface area contributed by atoms with Gasteiger partial charge in [0, 0.05) is 40.8 Å². The average Bonchev–Trinajstić information content (AvgIpc) is 3.56. The van der Waals surface area contributed by atoms with E-state index in [-0.39, 0.29) is 5.78 Å². The summed E-state index contributed by atoms with van der Waals surface area (Å²) in [6.45, 7) is 1.57. The summed E-state index contributed by atoms with van der Waals surface area (Å²) in [7, 11) is 0. The Morgan fingerprint density at radius 1 is 1.00 bits per heavy atom. The van der Waals surface area contributed by atoms with Gasteiger partial charge in [0.15, 0.2) is 22.9 Å². The van der Waals surface area contributed by atoms with E-state index in [9.17, 15) is 4.79 Å². The largest absolute Gasteiger partial charge is 0.335 e. The van der Waals surface area contributed by atoms with Crippen molar-refractivity contribution in [2.75, 3.05) is 0 Å². The Labute approximate surface area is 184 Å². The molecule has 9 nitrogen and oxygen atoms in total. The van der Waals surface area contributed by atoms with Gasteiger partial charge in [0.25, 0.3) is 0 Å². The van der Waals surface area contributed by atoms with Crippen molar-refractivity contribution >= 4 is 39.3 Å². The number of H-pyrrole nitrogens is 2. The first-order chi connectivity index (χ1) is 15.7. The highest BCUT2D eigenvalue weighted by atomic mass is 32.1. The molecule has 154 valence electrons. The molecule has 0 atom stereocenters. The van der Waals surface area contributed by atoms with Gasteiger partial charge in [-0.1, -0.05) is 0 Å². The fraction of sp³-hybridized carbons (Fsp3) is 0.0455. The monoisotopic (exact) mass is 438 g/mol. The number of Topliss-reactive ketones (excluding diaryl/α,β-unsaturated/α-hetero) is 1. The molecule has 0 aliphatic carbocycles. The van der Waals surface area contributed by atoms with Gasteiger partial charge in [-0.25, -0.2) is 15.0 Å². The van der Waals surface area contributed by atoms with Crippen molar-refractivity contribution < 1.29 is 4.79 Å². The number of fused-ring (bicyclic) bond motifs is 2. The first kappa shape index (κ1) is 18.5. The van der Waals surface area contributed by atoms with Crippen LogP contribution in [0.2, 0.25) is 0 Å². The third-order valence-corrected chi connectivity index (χ3v) is 6.34. The standard InChI is InChI=1S/C22H14N8OS/c1-11(31)16-2-3-17(32-16)13-4-5-25-21-18(13)27-22(28-21)19-14-8-12(9-26-20(14)30-29-19)15-10-23-6-7-24-15/h2-10H,1H3,(H,25,27,28)(H,26,29,30). The maximum absolute atomic E-state index is 11.7. The van der Waals surface area contributed by atoms with E-state index in [2.05, 4.69) is 40.1 Å². The predicted octanol–water partition coefficient (Wildman–Crippen LogP) is 4.28. The first-order valence-electron chi connectivity index (χ1n) is 9.74. The molecule has 0 amide bonds. The summed E-state index contributed by atoms with van der Waals surface area (Å²) in [5, 5.41) is 8.16. The summed E-state index contributed by atoms with van der Waals surface area (Å²) < 4.78 is 0. The fourth-order valence-electron chi connectivity index (χ4n) is 3.58. The van der Waals surface area contributed by atoms with Gasteiger partial charge in [0.2, 0.25) is 0 Å². The van der Waals surface area contributed by atoms with E-state index >= 15 is 0 Å². The second-order valence-electron chi connectivity index (χ2n) is 7.15. The lowest BCUT2D eigenvalue weighted by Gasteiger charge is -2.00.